The number of carbonyl (C=O) groups excluding carboxylic acids is 1. The third-order valence-electron chi connectivity index (χ3n) is 6.78. The molecule has 0 spiro atoms. The van der Waals surface area contributed by atoms with Crippen molar-refractivity contribution >= 4 is 15.9 Å². The molecule has 0 bridgehead atoms. The maximum absolute atomic E-state index is 13.1. The first-order chi connectivity index (χ1) is 17.4. The van der Waals surface area contributed by atoms with Crippen LogP contribution in [0.1, 0.15) is 54.7 Å². The predicted octanol–water partition coefficient (Wildman–Crippen LogP) is 3.55. The smallest absolute Gasteiger partial charge is 0.284 e. The zero-order valence-electron chi connectivity index (χ0n) is 20.8. The van der Waals surface area contributed by atoms with Crippen molar-refractivity contribution in [3.8, 4) is 0 Å². The summed E-state index contributed by atoms with van der Waals surface area (Å²) in [6.07, 6.45) is 10.6. The Kier molecular flexibility index (Phi) is 7.93. The lowest BCUT2D eigenvalue weighted by atomic mass is 9.85. The Labute approximate surface area is 212 Å². The summed E-state index contributed by atoms with van der Waals surface area (Å²) >= 11 is 0. The lowest BCUT2D eigenvalue weighted by molar-refractivity contribution is 0.0662. The summed E-state index contributed by atoms with van der Waals surface area (Å²) in [7, 11) is -2.21. The fourth-order valence-electron chi connectivity index (χ4n) is 4.46. The van der Waals surface area contributed by atoms with Gasteiger partial charge in [0.25, 0.3) is 15.9 Å². The average molecular weight is 512 g/mol. The first kappa shape index (κ1) is 25.7. The molecular weight excluding hydrogens is 478 g/mol. The molecule has 1 saturated heterocycles. The highest BCUT2D eigenvalue weighted by Crippen LogP contribution is 2.34. The molecule has 2 aliphatic rings. The Morgan fingerprint density at radius 3 is 2.36 bits per heavy atom. The van der Waals surface area contributed by atoms with E-state index in [-0.39, 0.29) is 16.7 Å². The van der Waals surface area contributed by atoms with Crippen molar-refractivity contribution in [2.75, 3.05) is 33.3 Å². The van der Waals surface area contributed by atoms with Gasteiger partial charge in [0.05, 0.1) is 17.7 Å². The van der Waals surface area contributed by atoms with Crippen molar-refractivity contribution in [3.05, 3.63) is 78.2 Å². The molecule has 1 amide bonds. The molecule has 1 aliphatic carbocycles. The van der Waals surface area contributed by atoms with E-state index in [1.54, 1.807) is 30.2 Å². The van der Waals surface area contributed by atoms with Gasteiger partial charge < -0.3 is 14.5 Å². The number of hydrogen-bond donors (Lipinski definition) is 0. The average Bonchev–Trinajstić information content (AvgIpc) is 3.36. The number of nitrogens with zero attached hydrogens (tertiary/aromatic N) is 5. The fourth-order valence-corrected chi connectivity index (χ4v) is 5.52. The molecule has 0 N–H and O–H groups in total. The topological polar surface area (TPSA) is 97.6 Å². The predicted molar refractivity (Wildman–Crippen MR) is 137 cm³/mol. The van der Waals surface area contributed by atoms with Gasteiger partial charge in [-0.1, -0.05) is 32.1 Å². The minimum atomic E-state index is -3.86. The van der Waals surface area contributed by atoms with Gasteiger partial charge in [-0.25, -0.2) is 4.98 Å². The highest BCUT2D eigenvalue weighted by atomic mass is 32.2. The molecule has 0 radical (unpaired) electrons. The number of hydrogen-bond acceptors (Lipinski definition) is 7. The number of carbonyl (C=O) groups is 1. The summed E-state index contributed by atoms with van der Waals surface area (Å²) in [5.74, 6) is 1.50. The fraction of sp³-hybridized carbons (Fsp3) is 0.423. The van der Waals surface area contributed by atoms with E-state index in [1.807, 2.05) is 12.2 Å². The van der Waals surface area contributed by atoms with Crippen LogP contribution in [0.25, 0.3) is 0 Å². The molecule has 2 aromatic rings. The summed E-state index contributed by atoms with van der Waals surface area (Å²) in [4.78, 5) is 21.4. The van der Waals surface area contributed by atoms with Crippen molar-refractivity contribution in [2.24, 2.45) is 0 Å². The van der Waals surface area contributed by atoms with Crippen molar-refractivity contribution in [1.82, 2.24) is 24.0 Å². The highest BCUT2D eigenvalue weighted by Gasteiger charge is 2.27. The molecule has 10 heteroatoms. The minimum Gasteiger partial charge on any atom is -0.495 e. The molecule has 1 saturated carbocycles. The van der Waals surface area contributed by atoms with Crippen molar-refractivity contribution in [1.29, 1.82) is 0 Å². The second kappa shape index (κ2) is 11.1. The van der Waals surface area contributed by atoms with E-state index in [1.165, 1.54) is 18.5 Å². The first-order valence-corrected chi connectivity index (χ1v) is 13.7. The van der Waals surface area contributed by atoms with Crippen LogP contribution in [0.4, 0.5) is 0 Å². The Hall–Kier alpha value is -3.40. The largest absolute Gasteiger partial charge is 0.495 e. The molecule has 192 valence electrons. The monoisotopic (exact) mass is 511 g/mol. The van der Waals surface area contributed by atoms with E-state index in [4.69, 9.17) is 4.74 Å². The molecule has 4 rings (SSSR count). The summed E-state index contributed by atoms with van der Waals surface area (Å²) in [6.45, 7) is 8.28. The van der Waals surface area contributed by atoms with Gasteiger partial charge in [0.15, 0.2) is 5.82 Å². The van der Waals surface area contributed by atoms with Gasteiger partial charge in [0.2, 0.25) is 0 Å². The minimum absolute atomic E-state index is 0.0753. The summed E-state index contributed by atoms with van der Waals surface area (Å²) in [6, 6.07) is 6.04. The van der Waals surface area contributed by atoms with Crippen LogP contribution in [0.2, 0.25) is 0 Å². The molecule has 0 unspecified atom stereocenters. The second-order valence-corrected chi connectivity index (χ2v) is 10.7. The number of piperazine rings is 1. The standard InChI is InChI=1S/C26H33N5O4S/c1-4-6-10-24(35-3)23(5-2)29-15-17-30(18-16-29)26(32)21-11-13-22(14-12-21)36(33,34)31-19-27-25(28-31)20-8-7-9-20/h4,6,10-14,19-20H,1,5,7-9,15-18H2,2-3H3/b10-6-,24-23-. The third kappa shape index (κ3) is 5.23. The number of methoxy groups -OCH3 is 1. The number of ether oxygens (including phenoxy) is 1. The molecule has 1 aromatic carbocycles. The van der Waals surface area contributed by atoms with Gasteiger partial charge >= 0.3 is 0 Å². The Bertz CT molecular complexity index is 1250. The van der Waals surface area contributed by atoms with Gasteiger partial charge in [0.1, 0.15) is 12.1 Å². The van der Waals surface area contributed by atoms with Crippen LogP contribution in [0.5, 0.6) is 0 Å². The van der Waals surface area contributed by atoms with Crippen LogP contribution >= 0.6 is 0 Å². The first-order valence-electron chi connectivity index (χ1n) is 12.3. The van der Waals surface area contributed by atoms with E-state index in [2.05, 4.69) is 28.5 Å². The lowest BCUT2D eigenvalue weighted by Crippen LogP contribution is -2.48. The molecule has 2 fully saturated rings. The molecule has 0 atom stereocenters. The Morgan fingerprint density at radius 2 is 1.81 bits per heavy atom. The summed E-state index contributed by atoms with van der Waals surface area (Å²) in [5, 5.41) is 4.19. The van der Waals surface area contributed by atoms with E-state index in [9.17, 15) is 13.2 Å². The number of allylic oxidation sites excluding steroid dienone is 4. The van der Waals surface area contributed by atoms with E-state index < -0.39 is 10.0 Å². The van der Waals surface area contributed by atoms with Crippen molar-refractivity contribution in [3.63, 3.8) is 0 Å². The third-order valence-corrected chi connectivity index (χ3v) is 8.31. The summed E-state index contributed by atoms with van der Waals surface area (Å²) in [5.41, 5.74) is 1.54. The van der Waals surface area contributed by atoms with Crippen LogP contribution in [-0.2, 0) is 14.8 Å². The van der Waals surface area contributed by atoms with Gasteiger partial charge in [-0.3, -0.25) is 4.79 Å². The van der Waals surface area contributed by atoms with Gasteiger partial charge in [-0.15, -0.1) is 9.19 Å². The van der Waals surface area contributed by atoms with E-state index in [0.717, 1.165) is 41.2 Å². The van der Waals surface area contributed by atoms with Crippen LogP contribution in [-0.4, -0.2) is 71.6 Å². The molecule has 1 aliphatic heterocycles. The zero-order chi connectivity index (χ0) is 25.7. The van der Waals surface area contributed by atoms with Gasteiger partial charge in [-0.2, -0.15) is 8.42 Å². The van der Waals surface area contributed by atoms with Crippen molar-refractivity contribution < 1.29 is 17.9 Å². The Balaban J connectivity index is 1.41. The van der Waals surface area contributed by atoms with Crippen LogP contribution in [0.15, 0.2) is 71.8 Å². The second-order valence-electron chi connectivity index (χ2n) is 8.88. The summed E-state index contributed by atoms with van der Waals surface area (Å²) < 4.78 is 32.4. The number of rotatable bonds is 9. The Morgan fingerprint density at radius 1 is 1.14 bits per heavy atom. The number of aromatic nitrogens is 3. The van der Waals surface area contributed by atoms with Gasteiger partial charge in [-0.05, 0) is 49.6 Å². The molecule has 2 heterocycles. The number of benzene rings is 1. The van der Waals surface area contributed by atoms with Crippen LogP contribution < -0.4 is 0 Å². The molecule has 36 heavy (non-hydrogen) atoms. The van der Waals surface area contributed by atoms with E-state index >= 15 is 0 Å². The quantitative estimate of drug-likeness (QED) is 0.375. The maximum atomic E-state index is 13.1. The molecule has 9 nitrogen and oxygen atoms in total. The normalized spacial score (nSPS) is 17.6. The van der Waals surface area contributed by atoms with Crippen molar-refractivity contribution in [2.45, 2.75) is 43.4 Å². The molecular formula is C26H33N5O4S. The number of amides is 1. The molecule has 1 aromatic heterocycles. The van der Waals surface area contributed by atoms with Crippen LogP contribution in [0.3, 0.4) is 0 Å². The van der Waals surface area contributed by atoms with E-state index in [0.29, 0.717) is 37.6 Å². The van der Waals surface area contributed by atoms with Crippen LogP contribution in [0, 0.1) is 0 Å². The van der Waals surface area contributed by atoms with Gasteiger partial charge in [0, 0.05) is 37.7 Å². The zero-order valence-corrected chi connectivity index (χ0v) is 21.7. The SMILES string of the molecule is C=C/C=C\C(OC)=C(/CC)N1CCN(C(=O)c2ccc(S(=O)(=O)n3cnc(C4CCC4)n3)cc2)CC1. The maximum Gasteiger partial charge on any atom is 0.284 e. The lowest BCUT2D eigenvalue weighted by Gasteiger charge is -2.37. The highest BCUT2D eigenvalue weighted by molar-refractivity contribution is 7.89.